The van der Waals surface area contributed by atoms with Gasteiger partial charge in [-0.25, -0.2) is 4.98 Å². The third kappa shape index (κ3) is 7.14. The van der Waals surface area contributed by atoms with Crippen LogP contribution < -0.4 is 10.6 Å². The van der Waals surface area contributed by atoms with Crippen LogP contribution in [0.4, 0.5) is 0 Å². The Balaban J connectivity index is 0.00000288. The van der Waals surface area contributed by atoms with Gasteiger partial charge in [-0.15, -0.1) is 35.3 Å². The zero-order valence-corrected chi connectivity index (χ0v) is 18.1. The Bertz CT molecular complexity index is 512. The molecule has 0 saturated carbocycles. The standard InChI is InChI=1S/C15H25N5OS2.HI/c1-3-13(21)20-8-5-12(11-20)19-14(16-2)17-6-4-9-22-15-18-7-10-23-15;/h7,10,12H,3-6,8-9,11H2,1-2H3,(H2,16,17,19);1H. The fraction of sp³-hybridized carbons (Fsp3) is 0.667. The number of rotatable bonds is 7. The Kier molecular flexibility index (Phi) is 10.7. The van der Waals surface area contributed by atoms with Gasteiger partial charge in [-0.3, -0.25) is 9.79 Å². The molecule has 0 aromatic carbocycles. The smallest absolute Gasteiger partial charge is 0.222 e. The van der Waals surface area contributed by atoms with E-state index in [1.54, 1.807) is 30.1 Å². The summed E-state index contributed by atoms with van der Waals surface area (Å²) in [4.78, 5) is 22.1. The number of aromatic nitrogens is 1. The van der Waals surface area contributed by atoms with E-state index in [9.17, 15) is 4.79 Å². The molecule has 1 unspecified atom stereocenters. The van der Waals surface area contributed by atoms with Gasteiger partial charge in [0.2, 0.25) is 5.91 Å². The van der Waals surface area contributed by atoms with Crippen LogP contribution in [-0.2, 0) is 4.79 Å². The first-order valence-electron chi connectivity index (χ1n) is 8.00. The first-order valence-corrected chi connectivity index (χ1v) is 9.86. The number of thiazole rings is 1. The molecule has 0 spiro atoms. The molecule has 24 heavy (non-hydrogen) atoms. The van der Waals surface area contributed by atoms with Gasteiger partial charge in [-0.2, -0.15) is 0 Å². The number of halogens is 1. The average molecular weight is 483 g/mol. The molecule has 9 heteroatoms. The fourth-order valence-electron chi connectivity index (χ4n) is 2.44. The van der Waals surface area contributed by atoms with Crippen molar-refractivity contribution in [2.45, 2.75) is 36.6 Å². The van der Waals surface area contributed by atoms with Crippen molar-refractivity contribution in [3.8, 4) is 0 Å². The number of carbonyl (C=O) groups is 1. The highest BCUT2D eigenvalue weighted by molar-refractivity contribution is 14.0. The third-order valence-corrected chi connectivity index (χ3v) is 5.71. The summed E-state index contributed by atoms with van der Waals surface area (Å²) in [6, 6.07) is 0.293. The van der Waals surface area contributed by atoms with Crippen LogP contribution in [0.5, 0.6) is 0 Å². The van der Waals surface area contributed by atoms with Crippen LogP contribution in [0.3, 0.4) is 0 Å². The minimum Gasteiger partial charge on any atom is -0.356 e. The number of guanidine groups is 1. The third-order valence-electron chi connectivity index (χ3n) is 3.66. The zero-order valence-electron chi connectivity index (χ0n) is 14.2. The SMILES string of the molecule is CCC(=O)N1CCC(NC(=NC)NCCCSc2nccs2)C1.I. The van der Waals surface area contributed by atoms with Crippen LogP contribution in [0.2, 0.25) is 0 Å². The monoisotopic (exact) mass is 483 g/mol. The quantitative estimate of drug-likeness (QED) is 0.205. The number of likely N-dealkylation sites (tertiary alicyclic amines) is 1. The maximum Gasteiger partial charge on any atom is 0.222 e. The number of carbonyl (C=O) groups excluding carboxylic acids is 1. The number of hydrogen-bond donors (Lipinski definition) is 2. The van der Waals surface area contributed by atoms with Crippen LogP contribution in [0.1, 0.15) is 26.2 Å². The van der Waals surface area contributed by atoms with Crippen molar-refractivity contribution in [1.82, 2.24) is 20.5 Å². The topological polar surface area (TPSA) is 69.6 Å². The Morgan fingerprint density at radius 3 is 3.08 bits per heavy atom. The average Bonchev–Trinajstić information content (AvgIpc) is 3.24. The molecule has 1 atom stereocenters. The van der Waals surface area contributed by atoms with Gasteiger partial charge in [0.1, 0.15) is 4.34 Å². The minimum atomic E-state index is 0. The summed E-state index contributed by atoms with van der Waals surface area (Å²) in [6.07, 6.45) is 4.45. The lowest BCUT2D eigenvalue weighted by Crippen LogP contribution is -2.45. The van der Waals surface area contributed by atoms with Crippen LogP contribution in [-0.4, -0.2) is 60.2 Å². The molecule has 0 bridgehead atoms. The van der Waals surface area contributed by atoms with E-state index in [4.69, 9.17) is 0 Å². The highest BCUT2D eigenvalue weighted by Gasteiger charge is 2.25. The van der Waals surface area contributed by atoms with E-state index >= 15 is 0 Å². The molecule has 1 aromatic heterocycles. The maximum atomic E-state index is 11.7. The van der Waals surface area contributed by atoms with Crippen molar-refractivity contribution in [3.05, 3.63) is 11.6 Å². The summed E-state index contributed by atoms with van der Waals surface area (Å²) >= 11 is 3.47. The van der Waals surface area contributed by atoms with Gasteiger partial charge in [0.15, 0.2) is 5.96 Å². The molecule has 0 aliphatic carbocycles. The van der Waals surface area contributed by atoms with E-state index in [0.717, 1.165) is 48.5 Å². The first kappa shape index (κ1) is 21.5. The van der Waals surface area contributed by atoms with Crippen molar-refractivity contribution in [2.24, 2.45) is 4.99 Å². The van der Waals surface area contributed by atoms with Crippen molar-refractivity contribution in [2.75, 3.05) is 32.4 Å². The largest absolute Gasteiger partial charge is 0.356 e. The molecule has 6 nitrogen and oxygen atoms in total. The van der Waals surface area contributed by atoms with Gasteiger partial charge in [-0.05, 0) is 12.8 Å². The number of hydrogen-bond acceptors (Lipinski definition) is 5. The normalized spacial score (nSPS) is 17.5. The number of amides is 1. The molecule has 0 radical (unpaired) electrons. The molecule has 1 saturated heterocycles. The molecule has 1 fully saturated rings. The van der Waals surface area contributed by atoms with Crippen molar-refractivity contribution in [1.29, 1.82) is 0 Å². The van der Waals surface area contributed by atoms with Crippen LogP contribution >= 0.6 is 47.1 Å². The van der Waals surface area contributed by atoms with Crippen LogP contribution in [0.15, 0.2) is 20.9 Å². The molecule has 2 rings (SSSR count). The molecule has 1 aromatic rings. The van der Waals surface area contributed by atoms with Gasteiger partial charge in [0.05, 0.1) is 0 Å². The summed E-state index contributed by atoms with van der Waals surface area (Å²) in [6.45, 7) is 4.40. The van der Waals surface area contributed by atoms with Crippen molar-refractivity contribution < 1.29 is 4.79 Å². The number of nitrogens with one attached hydrogen (secondary N) is 2. The number of aliphatic imine (C=N–C) groups is 1. The molecule has 136 valence electrons. The second kappa shape index (κ2) is 11.9. The summed E-state index contributed by atoms with van der Waals surface area (Å²) in [5.74, 6) is 2.09. The predicted molar refractivity (Wildman–Crippen MR) is 113 cm³/mol. The van der Waals surface area contributed by atoms with Crippen LogP contribution in [0, 0.1) is 0 Å². The lowest BCUT2D eigenvalue weighted by molar-refractivity contribution is -0.129. The Labute approximate surface area is 169 Å². The van der Waals surface area contributed by atoms with Gasteiger partial charge < -0.3 is 15.5 Å². The van der Waals surface area contributed by atoms with E-state index in [0.29, 0.717) is 12.5 Å². The van der Waals surface area contributed by atoms with E-state index in [2.05, 4.69) is 20.6 Å². The lowest BCUT2D eigenvalue weighted by atomic mass is 10.3. The number of thioether (sulfide) groups is 1. The molecular weight excluding hydrogens is 457 g/mol. The van der Waals surface area contributed by atoms with Gasteiger partial charge in [-0.1, -0.05) is 18.7 Å². The van der Waals surface area contributed by atoms with E-state index in [1.165, 1.54) is 0 Å². The van der Waals surface area contributed by atoms with E-state index in [-0.39, 0.29) is 29.9 Å². The minimum absolute atomic E-state index is 0. The van der Waals surface area contributed by atoms with Gasteiger partial charge >= 0.3 is 0 Å². The molecule has 1 aliphatic heterocycles. The lowest BCUT2D eigenvalue weighted by Gasteiger charge is -2.18. The van der Waals surface area contributed by atoms with E-state index < -0.39 is 0 Å². The Morgan fingerprint density at radius 2 is 2.42 bits per heavy atom. The van der Waals surface area contributed by atoms with Crippen molar-refractivity contribution in [3.63, 3.8) is 0 Å². The van der Waals surface area contributed by atoms with Crippen LogP contribution in [0.25, 0.3) is 0 Å². The molecule has 1 aliphatic rings. The Hall–Kier alpha value is -0.550. The first-order chi connectivity index (χ1) is 11.2. The molecule has 2 N–H and O–H groups in total. The zero-order chi connectivity index (χ0) is 16.5. The molecular formula is C15H26IN5OS2. The highest BCUT2D eigenvalue weighted by atomic mass is 127. The molecule has 2 heterocycles. The van der Waals surface area contributed by atoms with E-state index in [1.807, 2.05) is 23.4 Å². The second-order valence-corrected chi connectivity index (χ2v) is 7.56. The summed E-state index contributed by atoms with van der Waals surface area (Å²) < 4.78 is 1.12. The van der Waals surface area contributed by atoms with Gasteiger partial charge in [0.25, 0.3) is 0 Å². The predicted octanol–water partition coefficient (Wildman–Crippen LogP) is 2.42. The highest BCUT2D eigenvalue weighted by Crippen LogP contribution is 2.20. The number of nitrogens with zero attached hydrogens (tertiary/aromatic N) is 3. The van der Waals surface area contributed by atoms with Gasteiger partial charge in [0, 0.05) is 56.5 Å². The van der Waals surface area contributed by atoms with Crippen molar-refractivity contribution >= 4 is 58.9 Å². The summed E-state index contributed by atoms with van der Waals surface area (Å²) in [5.41, 5.74) is 0. The molecule has 1 amide bonds. The Morgan fingerprint density at radius 1 is 1.58 bits per heavy atom. The summed E-state index contributed by atoms with van der Waals surface area (Å²) in [7, 11) is 1.78. The fourth-order valence-corrected chi connectivity index (χ4v) is 4.08. The second-order valence-electron chi connectivity index (χ2n) is 5.32. The summed E-state index contributed by atoms with van der Waals surface area (Å²) in [5, 5.41) is 8.75. The maximum absolute atomic E-state index is 11.7.